The molecule has 3 heterocycles. The molecule has 0 N–H and O–H groups in total. The Morgan fingerprint density at radius 2 is 1.55 bits per heavy atom. The molecule has 1 amide bonds. The Morgan fingerprint density at radius 1 is 0.968 bits per heavy atom. The summed E-state index contributed by atoms with van der Waals surface area (Å²) < 4.78 is 30.4. The first-order chi connectivity index (χ1) is 14.8. The van der Waals surface area contributed by atoms with Crippen molar-refractivity contribution in [2.45, 2.75) is 6.92 Å². The van der Waals surface area contributed by atoms with Gasteiger partial charge in [-0.2, -0.15) is 17.0 Å². The fraction of sp³-hybridized carbons (Fsp3) is 0.526. The van der Waals surface area contributed by atoms with Crippen molar-refractivity contribution in [2.75, 3.05) is 59.4 Å². The quantitative estimate of drug-likeness (QED) is 0.649. The lowest BCUT2D eigenvalue weighted by atomic mass is 10.3. The fourth-order valence-corrected chi connectivity index (χ4v) is 5.57. The second-order valence-corrected chi connectivity index (χ2v) is 10.1. The van der Waals surface area contributed by atoms with E-state index in [1.807, 2.05) is 19.2 Å². The highest BCUT2D eigenvalue weighted by Gasteiger charge is 2.35. The first-order valence-corrected chi connectivity index (χ1v) is 12.0. The number of nitrogens with zero attached hydrogens (tertiary/aromatic N) is 7. The van der Waals surface area contributed by atoms with Crippen molar-refractivity contribution in [3.8, 4) is 5.69 Å². The summed E-state index contributed by atoms with van der Waals surface area (Å²) in [5, 5.41) is 4.86. The normalized spacial score (nSPS) is 19.6. The summed E-state index contributed by atoms with van der Waals surface area (Å²) in [4.78, 5) is 21.0. The first-order valence-electron chi connectivity index (χ1n) is 10.2. The average molecular weight is 468 g/mol. The number of halogens is 1. The molecule has 4 rings (SSSR count). The number of rotatable bonds is 4. The van der Waals surface area contributed by atoms with Crippen LogP contribution < -0.4 is 0 Å². The molecule has 1 aromatic carbocycles. The minimum atomic E-state index is -3.51. The number of likely N-dealkylation sites (N-methyl/N-ethyl adjacent to an activating group) is 1. The third kappa shape index (κ3) is 4.46. The SMILES string of the molecule is Cc1nc(C(=O)N2CCN(S(=O)(=O)N3CCN(C)CC3)CC2)nn1-c1ccccc1Cl. The van der Waals surface area contributed by atoms with E-state index in [-0.39, 0.29) is 24.8 Å². The number of carbonyl (C=O) groups is 1. The smallest absolute Gasteiger partial charge is 0.293 e. The number of aryl methyl sites for hydroxylation is 1. The molecule has 0 aliphatic carbocycles. The molecule has 2 aromatic rings. The number of amides is 1. The van der Waals surface area contributed by atoms with E-state index in [9.17, 15) is 13.2 Å². The number of piperazine rings is 2. The monoisotopic (exact) mass is 467 g/mol. The van der Waals surface area contributed by atoms with Gasteiger partial charge in [0.2, 0.25) is 5.82 Å². The average Bonchev–Trinajstić information content (AvgIpc) is 3.15. The second-order valence-electron chi connectivity index (χ2n) is 7.75. The Balaban J connectivity index is 1.42. The van der Waals surface area contributed by atoms with Gasteiger partial charge in [0.25, 0.3) is 16.1 Å². The van der Waals surface area contributed by atoms with Crippen molar-refractivity contribution < 1.29 is 13.2 Å². The minimum absolute atomic E-state index is 0.0767. The van der Waals surface area contributed by atoms with Crippen LogP contribution in [-0.2, 0) is 10.2 Å². The molecule has 2 fully saturated rings. The summed E-state index contributed by atoms with van der Waals surface area (Å²) in [5.74, 6) is 0.311. The van der Waals surface area contributed by atoms with Crippen molar-refractivity contribution in [1.29, 1.82) is 0 Å². The molecule has 168 valence electrons. The van der Waals surface area contributed by atoms with Crippen LogP contribution in [-0.4, -0.2) is 107 Å². The van der Waals surface area contributed by atoms with Crippen LogP contribution in [0.5, 0.6) is 0 Å². The van der Waals surface area contributed by atoms with Gasteiger partial charge in [-0.1, -0.05) is 23.7 Å². The van der Waals surface area contributed by atoms with Crippen LogP contribution in [0.4, 0.5) is 0 Å². The lowest BCUT2D eigenvalue weighted by Crippen LogP contribution is -2.57. The highest BCUT2D eigenvalue weighted by Crippen LogP contribution is 2.21. The van der Waals surface area contributed by atoms with Crippen molar-refractivity contribution in [3.63, 3.8) is 0 Å². The summed E-state index contributed by atoms with van der Waals surface area (Å²) in [5.41, 5.74) is 0.649. The highest BCUT2D eigenvalue weighted by atomic mass is 35.5. The van der Waals surface area contributed by atoms with E-state index in [4.69, 9.17) is 11.6 Å². The van der Waals surface area contributed by atoms with E-state index in [2.05, 4.69) is 15.0 Å². The molecule has 0 atom stereocenters. The lowest BCUT2D eigenvalue weighted by molar-refractivity contribution is 0.0680. The number of para-hydroxylation sites is 1. The van der Waals surface area contributed by atoms with Crippen LogP contribution in [0.25, 0.3) is 5.69 Å². The maximum absolute atomic E-state index is 12.9. The van der Waals surface area contributed by atoms with Gasteiger partial charge in [0, 0.05) is 52.4 Å². The Bertz CT molecular complexity index is 1060. The van der Waals surface area contributed by atoms with Gasteiger partial charge in [0.05, 0.1) is 10.7 Å². The number of carbonyl (C=O) groups excluding carboxylic acids is 1. The molecule has 2 aliphatic heterocycles. The van der Waals surface area contributed by atoms with Crippen molar-refractivity contribution in [1.82, 2.24) is 33.2 Å². The van der Waals surface area contributed by atoms with Gasteiger partial charge in [0.1, 0.15) is 5.82 Å². The van der Waals surface area contributed by atoms with Crippen LogP contribution >= 0.6 is 11.6 Å². The van der Waals surface area contributed by atoms with Gasteiger partial charge in [0.15, 0.2) is 0 Å². The molecule has 1 aromatic heterocycles. The molecule has 2 aliphatic rings. The van der Waals surface area contributed by atoms with Gasteiger partial charge < -0.3 is 9.80 Å². The van der Waals surface area contributed by atoms with E-state index in [1.165, 1.54) is 8.61 Å². The number of benzene rings is 1. The Morgan fingerprint density at radius 3 is 2.16 bits per heavy atom. The third-order valence-corrected chi connectivity index (χ3v) is 8.04. The molecular formula is C19H26ClN7O3S. The zero-order chi connectivity index (χ0) is 22.2. The molecule has 10 nitrogen and oxygen atoms in total. The van der Waals surface area contributed by atoms with Crippen LogP contribution in [0, 0.1) is 6.92 Å². The first kappa shape index (κ1) is 22.2. The molecule has 31 heavy (non-hydrogen) atoms. The number of hydrogen-bond donors (Lipinski definition) is 0. The lowest BCUT2D eigenvalue weighted by Gasteiger charge is -2.38. The molecule has 2 saturated heterocycles. The Hall–Kier alpha value is -2.05. The molecule has 0 unspecified atom stereocenters. The minimum Gasteiger partial charge on any atom is -0.333 e. The number of aromatic nitrogens is 3. The molecule has 12 heteroatoms. The topological polar surface area (TPSA) is 94.9 Å². The Labute approximate surface area is 187 Å². The summed E-state index contributed by atoms with van der Waals surface area (Å²) in [7, 11) is -1.53. The maximum Gasteiger partial charge on any atom is 0.293 e. The van der Waals surface area contributed by atoms with Gasteiger partial charge >= 0.3 is 0 Å². The predicted octanol–water partition coefficient (Wildman–Crippen LogP) is 0.479. The van der Waals surface area contributed by atoms with Crippen LogP contribution in [0.1, 0.15) is 16.4 Å². The highest BCUT2D eigenvalue weighted by molar-refractivity contribution is 7.86. The van der Waals surface area contributed by atoms with E-state index in [0.717, 1.165) is 13.1 Å². The molecule has 0 spiro atoms. The van der Waals surface area contributed by atoms with E-state index in [1.54, 1.807) is 28.6 Å². The predicted molar refractivity (Wildman–Crippen MR) is 117 cm³/mol. The van der Waals surface area contributed by atoms with Gasteiger partial charge in [-0.3, -0.25) is 4.79 Å². The van der Waals surface area contributed by atoms with Crippen molar-refractivity contribution in [2.24, 2.45) is 0 Å². The van der Waals surface area contributed by atoms with E-state index in [0.29, 0.717) is 42.7 Å². The summed E-state index contributed by atoms with van der Waals surface area (Å²) in [6, 6.07) is 7.21. The van der Waals surface area contributed by atoms with Crippen LogP contribution in [0.2, 0.25) is 5.02 Å². The fourth-order valence-electron chi connectivity index (χ4n) is 3.78. The third-order valence-electron chi connectivity index (χ3n) is 5.68. The van der Waals surface area contributed by atoms with Gasteiger partial charge in [-0.05, 0) is 26.1 Å². The largest absolute Gasteiger partial charge is 0.333 e. The van der Waals surface area contributed by atoms with E-state index < -0.39 is 10.2 Å². The standard InChI is InChI=1S/C19H26ClN7O3S/c1-15-21-18(22-27(15)17-6-4-3-5-16(17)20)19(28)24-9-13-26(14-10-24)31(29,30)25-11-7-23(2)8-12-25/h3-6H,7-14H2,1-2H3. The molecule has 0 radical (unpaired) electrons. The van der Waals surface area contributed by atoms with Gasteiger partial charge in [-0.25, -0.2) is 9.67 Å². The summed E-state index contributed by atoms with van der Waals surface area (Å²) in [6.45, 7) is 5.27. The van der Waals surface area contributed by atoms with Crippen LogP contribution in [0.15, 0.2) is 24.3 Å². The van der Waals surface area contributed by atoms with E-state index >= 15 is 0 Å². The second kappa shape index (κ2) is 8.83. The zero-order valence-electron chi connectivity index (χ0n) is 17.6. The number of hydrogen-bond acceptors (Lipinski definition) is 6. The maximum atomic E-state index is 12.9. The van der Waals surface area contributed by atoms with Crippen LogP contribution in [0.3, 0.4) is 0 Å². The van der Waals surface area contributed by atoms with Crippen molar-refractivity contribution >= 4 is 27.7 Å². The summed E-state index contributed by atoms with van der Waals surface area (Å²) >= 11 is 6.25. The molecule has 0 bridgehead atoms. The van der Waals surface area contributed by atoms with Gasteiger partial charge in [-0.15, -0.1) is 5.10 Å². The molecular weight excluding hydrogens is 442 g/mol. The Kier molecular flexibility index (Phi) is 6.31. The van der Waals surface area contributed by atoms with Crippen molar-refractivity contribution in [3.05, 3.63) is 40.9 Å². The molecule has 0 saturated carbocycles. The zero-order valence-corrected chi connectivity index (χ0v) is 19.2. The summed E-state index contributed by atoms with van der Waals surface area (Å²) in [6.07, 6.45) is 0.